The van der Waals surface area contributed by atoms with Crippen molar-refractivity contribution in [2.45, 2.75) is 23.8 Å². The fourth-order valence-electron chi connectivity index (χ4n) is 3.23. The van der Waals surface area contributed by atoms with Crippen LogP contribution >= 0.6 is 0 Å². The Kier molecular flexibility index (Phi) is 5.45. The SMILES string of the molecule is COc1ccc(C2CCCN2S(=O)(=O)c2ccc(NS(C)(=O)=O)cc2)cc1. The molecule has 0 amide bonds. The first-order valence-corrected chi connectivity index (χ1v) is 11.8. The van der Waals surface area contributed by atoms with E-state index < -0.39 is 20.0 Å². The molecule has 1 N–H and O–H groups in total. The number of methoxy groups -OCH3 is 1. The molecular weight excluding hydrogens is 388 g/mol. The van der Waals surface area contributed by atoms with Crippen LogP contribution in [0.15, 0.2) is 53.4 Å². The summed E-state index contributed by atoms with van der Waals surface area (Å²) in [5.74, 6) is 0.722. The summed E-state index contributed by atoms with van der Waals surface area (Å²) in [5.41, 5.74) is 1.25. The minimum absolute atomic E-state index is 0.141. The lowest BCUT2D eigenvalue weighted by atomic mass is 10.1. The van der Waals surface area contributed by atoms with Crippen molar-refractivity contribution in [3.8, 4) is 5.75 Å². The summed E-state index contributed by atoms with van der Waals surface area (Å²) >= 11 is 0. The van der Waals surface area contributed by atoms with E-state index in [0.29, 0.717) is 12.2 Å². The van der Waals surface area contributed by atoms with Gasteiger partial charge in [0.15, 0.2) is 0 Å². The Morgan fingerprint density at radius 3 is 2.19 bits per heavy atom. The van der Waals surface area contributed by atoms with Crippen LogP contribution in [0.2, 0.25) is 0 Å². The van der Waals surface area contributed by atoms with E-state index in [1.165, 1.54) is 28.6 Å². The van der Waals surface area contributed by atoms with Crippen LogP contribution in [0, 0.1) is 0 Å². The number of benzene rings is 2. The summed E-state index contributed by atoms with van der Waals surface area (Å²) in [6.07, 6.45) is 2.57. The molecule has 1 unspecified atom stereocenters. The standard InChI is InChI=1S/C18H22N2O5S2/c1-25-16-9-5-14(6-10-16)18-4-3-13-20(18)27(23,24)17-11-7-15(8-12-17)19-26(2,21)22/h5-12,18-19H,3-4,13H2,1-2H3. The van der Waals surface area contributed by atoms with Crippen molar-refractivity contribution in [2.75, 3.05) is 24.6 Å². The minimum atomic E-state index is -3.69. The Labute approximate surface area is 160 Å². The molecule has 0 aliphatic carbocycles. The Balaban J connectivity index is 1.86. The van der Waals surface area contributed by atoms with Gasteiger partial charge in [-0.1, -0.05) is 12.1 Å². The molecule has 0 saturated carbocycles. The zero-order chi connectivity index (χ0) is 19.7. The van der Waals surface area contributed by atoms with Crippen molar-refractivity contribution in [2.24, 2.45) is 0 Å². The van der Waals surface area contributed by atoms with Crippen LogP contribution in [0.5, 0.6) is 5.75 Å². The molecule has 1 aliphatic heterocycles. The van der Waals surface area contributed by atoms with Gasteiger partial charge in [-0.25, -0.2) is 16.8 Å². The molecule has 7 nitrogen and oxygen atoms in total. The summed E-state index contributed by atoms with van der Waals surface area (Å²) in [6, 6.07) is 12.9. The highest BCUT2D eigenvalue weighted by atomic mass is 32.2. The second-order valence-corrected chi connectivity index (χ2v) is 10.1. The molecule has 1 saturated heterocycles. The van der Waals surface area contributed by atoms with Crippen LogP contribution in [0.3, 0.4) is 0 Å². The molecule has 146 valence electrons. The van der Waals surface area contributed by atoms with Crippen LogP contribution in [0.1, 0.15) is 24.4 Å². The number of rotatable bonds is 6. The lowest BCUT2D eigenvalue weighted by Crippen LogP contribution is -2.30. The van der Waals surface area contributed by atoms with Gasteiger partial charge in [-0.3, -0.25) is 4.72 Å². The van der Waals surface area contributed by atoms with E-state index in [9.17, 15) is 16.8 Å². The number of hydrogen-bond acceptors (Lipinski definition) is 5. The van der Waals surface area contributed by atoms with E-state index in [2.05, 4.69) is 4.72 Å². The number of anilines is 1. The average molecular weight is 411 g/mol. The third-order valence-electron chi connectivity index (χ3n) is 4.47. The quantitative estimate of drug-likeness (QED) is 0.790. The smallest absolute Gasteiger partial charge is 0.243 e. The molecule has 0 bridgehead atoms. The van der Waals surface area contributed by atoms with E-state index in [-0.39, 0.29) is 10.9 Å². The van der Waals surface area contributed by atoms with Crippen molar-refractivity contribution in [3.05, 3.63) is 54.1 Å². The summed E-state index contributed by atoms with van der Waals surface area (Å²) in [7, 11) is -5.51. The van der Waals surface area contributed by atoms with Crippen LogP contribution in [-0.2, 0) is 20.0 Å². The maximum atomic E-state index is 13.1. The first kappa shape index (κ1) is 19.7. The molecule has 9 heteroatoms. The Bertz CT molecular complexity index is 1000. The van der Waals surface area contributed by atoms with Crippen molar-refractivity contribution in [3.63, 3.8) is 0 Å². The second-order valence-electron chi connectivity index (χ2n) is 6.45. The maximum Gasteiger partial charge on any atom is 0.243 e. The molecule has 1 heterocycles. The second kappa shape index (κ2) is 7.49. The lowest BCUT2D eigenvalue weighted by Gasteiger charge is -2.24. The highest BCUT2D eigenvalue weighted by molar-refractivity contribution is 7.92. The first-order chi connectivity index (χ1) is 12.7. The van der Waals surface area contributed by atoms with Crippen molar-refractivity contribution < 1.29 is 21.6 Å². The number of hydrogen-bond donors (Lipinski definition) is 1. The maximum absolute atomic E-state index is 13.1. The molecule has 2 aromatic carbocycles. The molecule has 1 atom stereocenters. The van der Waals surface area contributed by atoms with Gasteiger partial charge in [-0.05, 0) is 54.8 Å². The average Bonchev–Trinajstić information content (AvgIpc) is 3.11. The van der Waals surface area contributed by atoms with Crippen molar-refractivity contribution in [1.29, 1.82) is 0 Å². The van der Waals surface area contributed by atoms with Crippen LogP contribution in [0.25, 0.3) is 0 Å². The third kappa shape index (κ3) is 4.42. The number of ether oxygens (including phenoxy) is 1. The molecule has 2 aromatic rings. The fraction of sp³-hybridized carbons (Fsp3) is 0.333. The summed E-state index contributed by atoms with van der Waals surface area (Å²) in [6.45, 7) is 0.447. The molecule has 1 fully saturated rings. The van der Waals surface area contributed by atoms with E-state index in [1.807, 2.05) is 24.3 Å². The highest BCUT2D eigenvalue weighted by Crippen LogP contribution is 2.37. The normalized spacial score (nSPS) is 18.4. The van der Waals surface area contributed by atoms with Gasteiger partial charge in [0.05, 0.1) is 24.3 Å². The van der Waals surface area contributed by atoms with Crippen LogP contribution < -0.4 is 9.46 Å². The Morgan fingerprint density at radius 1 is 1.00 bits per heavy atom. The van der Waals surface area contributed by atoms with Gasteiger partial charge in [0.25, 0.3) is 0 Å². The highest BCUT2D eigenvalue weighted by Gasteiger charge is 2.36. The molecule has 27 heavy (non-hydrogen) atoms. The van der Waals surface area contributed by atoms with E-state index in [4.69, 9.17) is 4.74 Å². The third-order valence-corrected chi connectivity index (χ3v) is 7.00. The number of sulfonamides is 2. The first-order valence-electron chi connectivity index (χ1n) is 8.44. The van der Waals surface area contributed by atoms with Gasteiger partial charge in [0, 0.05) is 12.2 Å². The minimum Gasteiger partial charge on any atom is -0.497 e. The molecule has 1 aliphatic rings. The van der Waals surface area contributed by atoms with Gasteiger partial charge in [-0.2, -0.15) is 4.31 Å². The predicted molar refractivity (Wildman–Crippen MR) is 104 cm³/mol. The number of nitrogens with one attached hydrogen (secondary N) is 1. The zero-order valence-corrected chi connectivity index (χ0v) is 16.8. The molecule has 0 spiro atoms. The molecule has 3 rings (SSSR count). The van der Waals surface area contributed by atoms with Gasteiger partial charge in [0.1, 0.15) is 5.75 Å². The van der Waals surface area contributed by atoms with Crippen molar-refractivity contribution in [1.82, 2.24) is 4.31 Å². The summed E-state index contributed by atoms with van der Waals surface area (Å²) in [5, 5.41) is 0. The number of nitrogens with zero attached hydrogens (tertiary/aromatic N) is 1. The lowest BCUT2D eigenvalue weighted by molar-refractivity contribution is 0.394. The van der Waals surface area contributed by atoms with Crippen LogP contribution in [0.4, 0.5) is 5.69 Å². The van der Waals surface area contributed by atoms with Gasteiger partial charge >= 0.3 is 0 Å². The monoisotopic (exact) mass is 410 g/mol. The van der Waals surface area contributed by atoms with Crippen molar-refractivity contribution >= 4 is 25.7 Å². The molecule has 0 radical (unpaired) electrons. The molecular formula is C18H22N2O5S2. The fourth-order valence-corrected chi connectivity index (χ4v) is 5.48. The van der Waals surface area contributed by atoms with Gasteiger partial charge in [-0.15, -0.1) is 0 Å². The van der Waals surface area contributed by atoms with E-state index in [1.54, 1.807) is 7.11 Å². The molecule has 0 aromatic heterocycles. The zero-order valence-electron chi connectivity index (χ0n) is 15.1. The largest absolute Gasteiger partial charge is 0.497 e. The topological polar surface area (TPSA) is 92.8 Å². The van der Waals surface area contributed by atoms with Gasteiger partial charge in [0.2, 0.25) is 20.0 Å². The van der Waals surface area contributed by atoms with Crippen LogP contribution in [-0.4, -0.2) is 41.1 Å². The summed E-state index contributed by atoms with van der Waals surface area (Å²) < 4.78 is 57.8. The van der Waals surface area contributed by atoms with Gasteiger partial charge < -0.3 is 4.74 Å². The Hall–Kier alpha value is -2.10. The van der Waals surface area contributed by atoms with E-state index in [0.717, 1.165) is 30.4 Å². The Morgan fingerprint density at radius 2 is 1.63 bits per heavy atom. The summed E-state index contributed by atoms with van der Waals surface area (Å²) in [4.78, 5) is 0.141. The van der Waals surface area contributed by atoms with E-state index >= 15 is 0 Å². The predicted octanol–water partition coefficient (Wildman–Crippen LogP) is 2.59.